The van der Waals surface area contributed by atoms with Gasteiger partial charge in [0.05, 0.1) is 24.0 Å². The molecular formula is C19H22N2O6S. The minimum Gasteiger partial charge on any atom is -0.497 e. The van der Waals surface area contributed by atoms with Gasteiger partial charge < -0.3 is 4.74 Å². The van der Waals surface area contributed by atoms with Crippen LogP contribution in [0.4, 0.5) is 0 Å². The Morgan fingerprint density at radius 3 is 2.18 bits per heavy atom. The lowest BCUT2D eigenvalue weighted by atomic mass is 9.90. The second-order valence-electron chi connectivity index (χ2n) is 6.42. The molecule has 0 radical (unpaired) electrons. The predicted molar refractivity (Wildman–Crippen MR) is 104 cm³/mol. The van der Waals surface area contributed by atoms with Crippen molar-refractivity contribution >= 4 is 15.8 Å². The Kier molecular flexibility index (Phi) is 6.87. The molecule has 0 unspecified atom stereocenters. The van der Waals surface area contributed by atoms with E-state index in [-0.39, 0.29) is 4.90 Å². The molecule has 0 amide bonds. The molecule has 0 fully saturated rings. The minimum absolute atomic E-state index is 0.0149. The number of carbonyl (C=O) groups is 1. The van der Waals surface area contributed by atoms with Gasteiger partial charge in [0.1, 0.15) is 11.5 Å². The highest BCUT2D eigenvalue weighted by atomic mass is 32.2. The molecule has 150 valence electrons. The maximum absolute atomic E-state index is 12.7. The lowest BCUT2D eigenvalue weighted by Crippen LogP contribution is -2.45. The van der Waals surface area contributed by atoms with E-state index >= 15 is 0 Å². The molecule has 2 atom stereocenters. The first-order valence-corrected chi connectivity index (χ1v) is 9.97. The zero-order chi connectivity index (χ0) is 20.9. The first-order chi connectivity index (χ1) is 13.1. The first-order valence-electron chi connectivity index (χ1n) is 8.49. The average Bonchev–Trinajstić information content (AvgIpc) is 2.64. The fraction of sp³-hybridized carbons (Fsp3) is 0.316. The molecule has 0 saturated heterocycles. The van der Waals surface area contributed by atoms with E-state index in [1.54, 1.807) is 36.4 Å². The van der Waals surface area contributed by atoms with Crippen molar-refractivity contribution in [1.82, 2.24) is 4.72 Å². The van der Waals surface area contributed by atoms with Crippen LogP contribution < -0.4 is 9.46 Å². The number of benzene rings is 2. The van der Waals surface area contributed by atoms with E-state index in [0.29, 0.717) is 11.3 Å². The molecule has 0 aliphatic heterocycles. The number of nitrogens with zero attached hydrogens (tertiary/aromatic N) is 1. The van der Waals surface area contributed by atoms with Crippen molar-refractivity contribution in [3.63, 3.8) is 0 Å². The maximum Gasteiger partial charge on any atom is 0.241 e. The number of nitro groups is 1. The van der Waals surface area contributed by atoms with E-state index in [2.05, 4.69) is 4.72 Å². The van der Waals surface area contributed by atoms with E-state index in [9.17, 15) is 23.3 Å². The van der Waals surface area contributed by atoms with E-state index in [4.69, 9.17) is 4.74 Å². The van der Waals surface area contributed by atoms with Crippen LogP contribution in [-0.2, 0) is 14.8 Å². The Bertz CT molecular complexity index is 939. The highest BCUT2D eigenvalue weighted by molar-refractivity contribution is 7.89. The summed E-state index contributed by atoms with van der Waals surface area (Å²) in [5.41, 5.74) is 1.34. The lowest BCUT2D eigenvalue weighted by molar-refractivity contribution is -0.483. The summed E-state index contributed by atoms with van der Waals surface area (Å²) in [6.45, 7) is 2.42. The third kappa shape index (κ3) is 5.37. The van der Waals surface area contributed by atoms with Crippen LogP contribution >= 0.6 is 0 Å². The third-order valence-electron chi connectivity index (χ3n) is 4.34. The van der Waals surface area contributed by atoms with E-state index in [1.807, 2.05) is 6.92 Å². The Morgan fingerprint density at radius 1 is 1.14 bits per heavy atom. The highest BCUT2D eigenvalue weighted by Gasteiger charge is 2.35. The quantitative estimate of drug-likeness (QED) is 0.505. The van der Waals surface area contributed by atoms with Gasteiger partial charge in [0.2, 0.25) is 16.6 Å². The normalized spacial score (nSPS) is 13.5. The summed E-state index contributed by atoms with van der Waals surface area (Å²) in [4.78, 5) is 22.9. The Morgan fingerprint density at radius 2 is 1.71 bits per heavy atom. The van der Waals surface area contributed by atoms with Gasteiger partial charge in [-0.05, 0) is 43.7 Å². The predicted octanol–water partition coefficient (Wildman–Crippen LogP) is 2.30. The molecule has 0 aliphatic rings. The summed E-state index contributed by atoms with van der Waals surface area (Å²) in [5, 5.41) is 11.2. The molecule has 8 nitrogen and oxygen atoms in total. The van der Waals surface area contributed by atoms with Crippen molar-refractivity contribution in [2.24, 2.45) is 0 Å². The van der Waals surface area contributed by atoms with Gasteiger partial charge in [-0.2, -0.15) is 4.72 Å². The monoisotopic (exact) mass is 406 g/mol. The number of sulfonamides is 1. The smallest absolute Gasteiger partial charge is 0.241 e. The topological polar surface area (TPSA) is 116 Å². The Balaban J connectivity index is 2.41. The molecule has 0 spiro atoms. The molecule has 0 aliphatic carbocycles. The number of hydrogen-bond donors (Lipinski definition) is 1. The Labute approximate surface area is 163 Å². The van der Waals surface area contributed by atoms with Crippen LogP contribution in [0.2, 0.25) is 0 Å². The van der Waals surface area contributed by atoms with Crippen molar-refractivity contribution in [3.8, 4) is 5.75 Å². The van der Waals surface area contributed by atoms with Gasteiger partial charge in [-0.3, -0.25) is 14.9 Å². The highest BCUT2D eigenvalue weighted by Crippen LogP contribution is 2.25. The van der Waals surface area contributed by atoms with Crippen LogP contribution in [0.15, 0.2) is 53.4 Å². The standard InChI is InChI=1S/C19H22N2O6S/c1-13-4-10-17(11-5-13)28(25,26)20-19(14(2)22)18(12-21(23)24)15-6-8-16(27-3)9-7-15/h4-11,18-20H,12H2,1-3H3/t18-,19+/m0/s1. The summed E-state index contributed by atoms with van der Waals surface area (Å²) >= 11 is 0. The second-order valence-corrected chi connectivity index (χ2v) is 8.13. The Hall–Kier alpha value is -2.78. The van der Waals surface area contributed by atoms with Crippen molar-refractivity contribution in [1.29, 1.82) is 0 Å². The van der Waals surface area contributed by atoms with Gasteiger partial charge in [-0.15, -0.1) is 0 Å². The molecule has 28 heavy (non-hydrogen) atoms. The van der Waals surface area contributed by atoms with Crippen LogP contribution in [0.3, 0.4) is 0 Å². The molecule has 1 N–H and O–H groups in total. The summed E-state index contributed by atoms with van der Waals surface area (Å²) in [7, 11) is -2.56. The maximum atomic E-state index is 12.7. The SMILES string of the molecule is COc1ccc([C@H](C[N+](=O)[O-])[C@H](NS(=O)(=O)c2ccc(C)cc2)C(C)=O)cc1. The molecule has 0 aromatic heterocycles. The van der Waals surface area contributed by atoms with E-state index in [1.165, 1.54) is 26.2 Å². The second kappa shape index (κ2) is 8.94. The van der Waals surface area contributed by atoms with Crippen molar-refractivity contribution in [2.45, 2.75) is 30.7 Å². The third-order valence-corrected chi connectivity index (χ3v) is 5.80. The van der Waals surface area contributed by atoms with Crippen molar-refractivity contribution < 1.29 is 22.9 Å². The molecule has 9 heteroatoms. The van der Waals surface area contributed by atoms with Gasteiger partial charge >= 0.3 is 0 Å². The van der Waals surface area contributed by atoms with Crippen LogP contribution in [-0.4, -0.2) is 38.8 Å². The number of aryl methyl sites for hydroxylation is 1. The van der Waals surface area contributed by atoms with Gasteiger partial charge in [0.25, 0.3) is 0 Å². The molecule has 2 aromatic rings. The van der Waals surface area contributed by atoms with Crippen LogP contribution in [0.1, 0.15) is 24.0 Å². The fourth-order valence-corrected chi connectivity index (χ4v) is 4.11. The van der Waals surface area contributed by atoms with Crippen molar-refractivity contribution in [2.75, 3.05) is 13.7 Å². The van der Waals surface area contributed by atoms with Gasteiger partial charge in [0, 0.05) is 4.92 Å². The number of Topliss-reactive ketones (excluding diaryl/α,β-unsaturated/α-hetero) is 1. The number of carbonyl (C=O) groups excluding carboxylic acids is 1. The molecule has 0 heterocycles. The van der Waals surface area contributed by atoms with E-state index < -0.39 is 39.2 Å². The molecule has 0 bridgehead atoms. The van der Waals surface area contributed by atoms with Crippen LogP contribution in [0.25, 0.3) is 0 Å². The molecule has 2 rings (SSSR count). The van der Waals surface area contributed by atoms with Gasteiger partial charge in [-0.1, -0.05) is 29.8 Å². The number of rotatable bonds is 9. The minimum atomic E-state index is -4.04. The summed E-state index contributed by atoms with van der Waals surface area (Å²) in [6.07, 6.45) is 0. The average molecular weight is 406 g/mol. The van der Waals surface area contributed by atoms with Crippen molar-refractivity contribution in [3.05, 3.63) is 69.8 Å². The fourth-order valence-electron chi connectivity index (χ4n) is 2.82. The number of ether oxygens (including phenoxy) is 1. The summed E-state index contributed by atoms with van der Waals surface area (Å²) in [5.74, 6) is -0.944. The summed E-state index contributed by atoms with van der Waals surface area (Å²) in [6, 6.07) is 11.2. The van der Waals surface area contributed by atoms with Gasteiger partial charge in [-0.25, -0.2) is 8.42 Å². The lowest BCUT2D eigenvalue weighted by Gasteiger charge is -2.24. The van der Waals surface area contributed by atoms with Crippen LogP contribution in [0.5, 0.6) is 5.75 Å². The summed E-state index contributed by atoms with van der Waals surface area (Å²) < 4.78 is 32.9. The number of ketones is 1. The largest absolute Gasteiger partial charge is 0.497 e. The first kappa shape index (κ1) is 21.5. The molecular weight excluding hydrogens is 384 g/mol. The number of nitrogens with one attached hydrogen (secondary N) is 1. The zero-order valence-corrected chi connectivity index (χ0v) is 16.6. The number of hydrogen-bond acceptors (Lipinski definition) is 6. The van der Waals surface area contributed by atoms with Gasteiger partial charge in [0.15, 0.2) is 0 Å². The van der Waals surface area contributed by atoms with Crippen LogP contribution in [0, 0.1) is 17.0 Å². The molecule has 2 aromatic carbocycles. The molecule has 0 saturated carbocycles. The van der Waals surface area contributed by atoms with E-state index in [0.717, 1.165) is 5.56 Å². The number of methoxy groups -OCH3 is 1. The zero-order valence-electron chi connectivity index (χ0n) is 15.8.